The van der Waals surface area contributed by atoms with Gasteiger partial charge in [0.2, 0.25) is 0 Å². The summed E-state index contributed by atoms with van der Waals surface area (Å²) in [6.45, 7) is 15.1. The van der Waals surface area contributed by atoms with Crippen molar-refractivity contribution in [1.29, 1.82) is 0 Å². The normalized spacial score (nSPS) is 10.8. The molecule has 1 radical (unpaired) electrons. The van der Waals surface area contributed by atoms with Gasteiger partial charge < -0.3 is 5.11 Å². The van der Waals surface area contributed by atoms with Crippen molar-refractivity contribution in [2.24, 2.45) is 0 Å². The van der Waals surface area contributed by atoms with Gasteiger partial charge in [0.05, 0.1) is 11.5 Å². The van der Waals surface area contributed by atoms with Crippen molar-refractivity contribution in [3.05, 3.63) is 52.1 Å². The molecule has 0 atom stereocenters. The second-order valence-corrected chi connectivity index (χ2v) is 9.61. The largest absolute Gasteiger partial charge is 0.392 e. The molecule has 0 bridgehead atoms. The molecule has 0 aromatic heterocycles. The molecular formula is C16H26NO3Si. The number of hydrogen-bond donors (Lipinski definition) is 1. The SMILES string of the molecule is C=CCc1cc([N+](=O)[O-])ccc1CO.C[Si](C)C(C)(C)C. The molecule has 1 aromatic carbocycles. The lowest BCUT2D eigenvalue weighted by molar-refractivity contribution is -0.384. The third-order valence-corrected chi connectivity index (χ3v) is 6.44. The maximum Gasteiger partial charge on any atom is 0.269 e. The van der Waals surface area contributed by atoms with Crippen LogP contribution in [0.2, 0.25) is 18.1 Å². The zero-order chi connectivity index (χ0) is 16.6. The van der Waals surface area contributed by atoms with Crippen LogP contribution in [0.1, 0.15) is 31.9 Å². The highest BCUT2D eigenvalue weighted by molar-refractivity contribution is 6.59. The summed E-state index contributed by atoms with van der Waals surface area (Å²) in [5.74, 6) is 0. The first-order valence-electron chi connectivity index (χ1n) is 6.92. The summed E-state index contributed by atoms with van der Waals surface area (Å²) >= 11 is 0. The minimum atomic E-state index is -0.451. The van der Waals surface area contributed by atoms with Crippen LogP contribution in [-0.4, -0.2) is 18.8 Å². The first-order chi connectivity index (χ1) is 9.63. The molecule has 117 valence electrons. The molecule has 0 amide bonds. The smallest absolute Gasteiger partial charge is 0.269 e. The molecule has 1 N–H and O–H groups in total. The molecule has 0 aliphatic heterocycles. The van der Waals surface area contributed by atoms with Crippen molar-refractivity contribution in [1.82, 2.24) is 0 Å². The third-order valence-electron chi connectivity index (χ3n) is 3.44. The van der Waals surface area contributed by atoms with E-state index < -0.39 is 4.92 Å². The lowest BCUT2D eigenvalue weighted by Crippen LogP contribution is -2.16. The molecule has 0 aliphatic rings. The predicted molar refractivity (Wildman–Crippen MR) is 90.1 cm³/mol. The Labute approximate surface area is 129 Å². The Balaban J connectivity index is 0.000000486. The molecule has 4 nitrogen and oxygen atoms in total. The van der Waals surface area contributed by atoms with E-state index in [1.54, 1.807) is 12.1 Å². The Morgan fingerprint density at radius 1 is 1.33 bits per heavy atom. The van der Waals surface area contributed by atoms with Crippen molar-refractivity contribution in [2.45, 2.75) is 51.9 Å². The number of nitrogens with zero attached hydrogens (tertiary/aromatic N) is 1. The number of non-ortho nitro benzene ring substituents is 1. The highest BCUT2D eigenvalue weighted by atomic mass is 28.3. The number of nitro benzene ring substituents is 1. The molecule has 0 saturated carbocycles. The van der Waals surface area contributed by atoms with Crippen LogP contribution in [0, 0.1) is 10.1 Å². The molecule has 5 heteroatoms. The van der Waals surface area contributed by atoms with Gasteiger partial charge in [0.25, 0.3) is 5.69 Å². The van der Waals surface area contributed by atoms with Crippen LogP contribution in [-0.2, 0) is 13.0 Å². The van der Waals surface area contributed by atoms with E-state index in [0.29, 0.717) is 17.0 Å². The quantitative estimate of drug-likeness (QED) is 0.389. The first kappa shape index (κ1) is 19.5. The highest BCUT2D eigenvalue weighted by Gasteiger charge is 2.15. The molecule has 21 heavy (non-hydrogen) atoms. The summed E-state index contributed by atoms with van der Waals surface area (Å²) in [6.07, 6.45) is 2.18. The zero-order valence-electron chi connectivity index (χ0n) is 13.6. The fourth-order valence-corrected chi connectivity index (χ4v) is 1.23. The predicted octanol–water partition coefficient (Wildman–Crippen LogP) is 4.36. The Hall–Kier alpha value is -1.46. The number of aliphatic hydroxyl groups is 1. The van der Waals surface area contributed by atoms with Gasteiger partial charge in [-0.3, -0.25) is 10.1 Å². The summed E-state index contributed by atoms with van der Waals surface area (Å²) in [7, 11) is -0.0502. The van der Waals surface area contributed by atoms with Crippen molar-refractivity contribution >= 4 is 14.5 Å². The van der Waals surface area contributed by atoms with E-state index in [9.17, 15) is 10.1 Å². The van der Waals surface area contributed by atoms with Gasteiger partial charge in [0.15, 0.2) is 0 Å². The van der Waals surface area contributed by atoms with Crippen molar-refractivity contribution in [2.75, 3.05) is 0 Å². The molecule has 1 rings (SSSR count). The number of benzene rings is 1. The van der Waals surface area contributed by atoms with Gasteiger partial charge in [0.1, 0.15) is 0 Å². The lowest BCUT2D eigenvalue weighted by Gasteiger charge is -2.20. The fourth-order valence-electron chi connectivity index (χ4n) is 1.23. The first-order valence-corrected chi connectivity index (χ1v) is 9.42. The highest BCUT2D eigenvalue weighted by Crippen LogP contribution is 2.25. The van der Waals surface area contributed by atoms with Crippen LogP contribution >= 0.6 is 0 Å². The second-order valence-electron chi connectivity index (χ2n) is 6.11. The van der Waals surface area contributed by atoms with Crippen LogP contribution in [0.15, 0.2) is 30.9 Å². The summed E-state index contributed by atoms with van der Waals surface area (Å²) in [5.41, 5.74) is 1.49. The van der Waals surface area contributed by atoms with E-state index in [0.717, 1.165) is 5.56 Å². The minimum Gasteiger partial charge on any atom is -0.392 e. The minimum absolute atomic E-state index is 0.0408. The summed E-state index contributed by atoms with van der Waals surface area (Å²) in [4.78, 5) is 10.0. The number of rotatable bonds is 4. The molecule has 1 aromatic rings. The van der Waals surface area contributed by atoms with Crippen molar-refractivity contribution in [3.63, 3.8) is 0 Å². The molecule has 0 fully saturated rings. The number of allylic oxidation sites excluding steroid dienone is 1. The van der Waals surface area contributed by atoms with E-state index in [1.807, 2.05) is 0 Å². The van der Waals surface area contributed by atoms with Crippen molar-refractivity contribution < 1.29 is 10.0 Å². The molecule has 0 unspecified atom stereocenters. The van der Waals surface area contributed by atoms with Gasteiger partial charge in [-0.25, -0.2) is 0 Å². The van der Waals surface area contributed by atoms with Gasteiger partial charge in [0, 0.05) is 20.9 Å². The van der Waals surface area contributed by atoms with Crippen LogP contribution in [0.5, 0.6) is 0 Å². The van der Waals surface area contributed by atoms with Crippen LogP contribution in [0.25, 0.3) is 0 Å². The van der Waals surface area contributed by atoms with Gasteiger partial charge in [-0.15, -0.1) is 6.58 Å². The van der Waals surface area contributed by atoms with Crippen molar-refractivity contribution in [3.8, 4) is 0 Å². The van der Waals surface area contributed by atoms with E-state index in [-0.39, 0.29) is 21.1 Å². The molecule has 0 spiro atoms. The molecule has 0 saturated heterocycles. The average molecular weight is 308 g/mol. The van der Waals surface area contributed by atoms with Crippen LogP contribution < -0.4 is 0 Å². The lowest BCUT2D eigenvalue weighted by atomic mass is 10.0. The van der Waals surface area contributed by atoms with E-state index in [4.69, 9.17) is 5.11 Å². The van der Waals surface area contributed by atoms with E-state index in [2.05, 4.69) is 40.4 Å². The standard InChI is InChI=1S/C10H11NO3.C6H15Si/c1-2-3-8-6-10(11(13)14)5-4-9(8)7-12;1-6(2,3)7(4)5/h2,4-6,12H,1,3,7H2;1-5H3. The monoisotopic (exact) mass is 308 g/mol. The Morgan fingerprint density at radius 2 is 1.86 bits per heavy atom. The fraction of sp³-hybridized carbons (Fsp3) is 0.500. The molecular weight excluding hydrogens is 282 g/mol. The summed E-state index contributed by atoms with van der Waals surface area (Å²) in [5, 5.41) is 20.0. The van der Waals surface area contributed by atoms with Gasteiger partial charge in [-0.05, 0) is 28.7 Å². The van der Waals surface area contributed by atoms with Crippen LogP contribution in [0.4, 0.5) is 5.69 Å². The maximum absolute atomic E-state index is 10.5. The summed E-state index contributed by atoms with van der Waals surface area (Å²) < 4.78 is 0. The number of aliphatic hydroxyl groups excluding tert-OH is 1. The van der Waals surface area contributed by atoms with Gasteiger partial charge >= 0.3 is 0 Å². The van der Waals surface area contributed by atoms with Gasteiger partial charge in [-0.2, -0.15) is 0 Å². The Bertz CT molecular complexity index is 479. The molecule has 0 aliphatic carbocycles. The van der Waals surface area contributed by atoms with E-state index >= 15 is 0 Å². The zero-order valence-corrected chi connectivity index (χ0v) is 14.6. The summed E-state index contributed by atoms with van der Waals surface area (Å²) in [6, 6.07) is 4.42. The second kappa shape index (κ2) is 8.74. The number of nitro groups is 1. The third kappa shape index (κ3) is 7.20. The Kier molecular flexibility index (Phi) is 8.13. The van der Waals surface area contributed by atoms with E-state index in [1.165, 1.54) is 12.1 Å². The topological polar surface area (TPSA) is 63.4 Å². The van der Waals surface area contributed by atoms with Gasteiger partial charge in [-0.1, -0.05) is 39.9 Å². The average Bonchev–Trinajstić information content (AvgIpc) is 2.38. The van der Waals surface area contributed by atoms with Crippen LogP contribution in [0.3, 0.4) is 0 Å². The Morgan fingerprint density at radius 3 is 2.19 bits per heavy atom. The maximum atomic E-state index is 10.5. The molecule has 0 heterocycles. The number of hydrogen-bond acceptors (Lipinski definition) is 3.